The van der Waals surface area contributed by atoms with Crippen LogP contribution in [0.3, 0.4) is 0 Å². The van der Waals surface area contributed by atoms with Crippen molar-refractivity contribution in [3.8, 4) is 17.2 Å². The minimum absolute atomic E-state index is 0.0852. The summed E-state index contributed by atoms with van der Waals surface area (Å²) >= 11 is 0. The van der Waals surface area contributed by atoms with Crippen LogP contribution < -0.4 is 14.2 Å². The zero-order valence-electron chi connectivity index (χ0n) is 12.1. The van der Waals surface area contributed by atoms with Crippen LogP contribution >= 0.6 is 0 Å². The molecule has 0 aliphatic carbocycles. The first-order valence-corrected chi connectivity index (χ1v) is 6.85. The quantitative estimate of drug-likeness (QED) is 0.939. The molecule has 0 spiro atoms. The summed E-state index contributed by atoms with van der Waals surface area (Å²) in [4.78, 5) is 0. The Morgan fingerprint density at radius 1 is 1.10 bits per heavy atom. The molecule has 1 aliphatic heterocycles. The van der Waals surface area contributed by atoms with E-state index >= 15 is 0 Å². The third-order valence-electron chi connectivity index (χ3n) is 3.83. The van der Waals surface area contributed by atoms with E-state index < -0.39 is 6.10 Å². The van der Waals surface area contributed by atoms with Gasteiger partial charge in [-0.2, -0.15) is 0 Å². The Labute approximate surface area is 123 Å². The van der Waals surface area contributed by atoms with E-state index in [4.69, 9.17) is 14.2 Å². The molecule has 2 aromatic rings. The summed E-state index contributed by atoms with van der Waals surface area (Å²) in [5.41, 5.74) is 1.79. The molecule has 0 amide bonds. The molecule has 4 heteroatoms. The van der Waals surface area contributed by atoms with E-state index in [1.165, 1.54) is 0 Å². The SMILES string of the molecule is COc1cc(OC)cc(C(O)C2COc3ccccc32)c1. The second-order valence-electron chi connectivity index (χ2n) is 5.05. The van der Waals surface area contributed by atoms with Crippen LogP contribution in [0.1, 0.15) is 23.1 Å². The van der Waals surface area contributed by atoms with E-state index in [0.717, 1.165) is 16.9 Å². The third-order valence-corrected chi connectivity index (χ3v) is 3.83. The van der Waals surface area contributed by atoms with E-state index in [9.17, 15) is 5.11 Å². The molecule has 110 valence electrons. The number of aliphatic hydroxyl groups excluding tert-OH is 1. The highest BCUT2D eigenvalue weighted by Gasteiger charge is 2.31. The Morgan fingerprint density at radius 3 is 2.43 bits per heavy atom. The van der Waals surface area contributed by atoms with Gasteiger partial charge in [0.2, 0.25) is 0 Å². The van der Waals surface area contributed by atoms with Gasteiger partial charge in [-0.05, 0) is 23.8 Å². The van der Waals surface area contributed by atoms with Crippen LogP contribution in [0.25, 0.3) is 0 Å². The largest absolute Gasteiger partial charge is 0.497 e. The van der Waals surface area contributed by atoms with Gasteiger partial charge in [-0.3, -0.25) is 0 Å². The lowest BCUT2D eigenvalue weighted by molar-refractivity contribution is 0.129. The van der Waals surface area contributed by atoms with Crippen LogP contribution in [0.4, 0.5) is 0 Å². The fourth-order valence-corrected chi connectivity index (χ4v) is 2.68. The molecule has 1 aliphatic rings. The minimum atomic E-state index is -0.669. The maximum atomic E-state index is 10.7. The second kappa shape index (κ2) is 5.66. The summed E-state index contributed by atoms with van der Waals surface area (Å²) in [6.45, 7) is 0.472. The Kier molecular flexibility index (Phi) is 3.71. The molecule has 0 saturated heterocycles. The molecule has 2 atom stereocenters. The van der Waals surface area contributed by atoms with Gasteiger partial charge in [0.1, 0.15) is 17.2 Å². The van der Waals surface area contributed by atoms with E-state index in [0.29, 0.717) is 18.1 Å². The lowest BCUT2D eigenvalue weighted by Gasteiger charge is -2.19. The van der Waals surface area contributed by atoms with Gasteiger partial charge in [0, 0.05) is 11.6 Å². The summed E-state index contributed by atoms with van der Waals surface area (Å²) in [5, 5.41) is 10.7. The first-order chi connectivity index (χ1) is 10.2. The topological polar surface area (TPSA) is 47.9 Å². The minimum Gasteiger partial charge on any atom is -0.497 e. The maximum absolute atomic E-state index is 10.7. The molecule has 4 nitrogen and oxygen atoms in total. The monoisotopic (exact) mass is 286 g/mol. The van der Waals surface area contributed by atoms with E-state index in [2.05, 4.69) is 0 Å². The van der Waals surface area contributed by atoms with Crippen LogP contribution in [-0.4, -0.2) is 25.9 Å². The van der Waals surface area contributed by atoms with Gasteiger partial charge in [0.25, 0.3) is 0 Å². The molecular formula is C17H18O4. The third kappa shape index (κ3) is 2.54. The highest BCUT2D eigenvalue weighted by Crippen LogP contribution is 2.42. The molecule has 1 N–H and O–H groups in total. The molecule has 0 aromatic heterocycles. The van der Waals surface area contributed by atoms with Crippen molar-refractivity contribution in [2.45, 2.75) is 12.0 Å². The number of aliphatic hydroxyl groups is 1. The molecule has 21 heavy (non-hydrogen) atoms. The Bertz CT molecular complexity index is 616. The van der Waals surface area contributed by atoms with E-state index in [1.807, 2.05) is 36.4 Å². The lowest BCUT2D eigenvalue weighted by Crippen LogP contribution is -2.12. The average Bonchev–Trinajstić information content (AvgIpc) is 2.97. The van der Waals surface area contributed by atoms with Crippen molar-refractivity contribution in [3.05, 3.63) is 53.6 Å². The predicted molar refractivity (Wildman–Crippen MR) is 79.2 cm³/mol. The smallest absolute Gasteiger partial charge is 0.123 e. The molecule has 0 saturated carbocycles. The van der Waals surface area contributed by atoms with Crippen LogP contribution in [0, 0.1) is 0 Å². The number of methoxy groups -OCH3 is 2. The number of rotatable bonds is 4. The fourth-order valence-electron chi connectivity index (χ4n) is 2.68. The summed E-state index contributed by atoms with van der Waals surface area (Å²) in [6.07, 6.45) is -0.669. The Hall–Kier alpha value is -2.20. The molecule has 0 radical (unpaired) electrons. The summed E-state index contributed by atoms with van der Waals surface area (Å²) in [7, 11) is 3.19. The Balaban J connectivity index is 1.94. The molecular weight excluding hydrogens is 268 g/mol. The molecule has 2 unspecified atom stereocenters. The van der Waals surface area contributed by atoms with Gasteiger partial charge in [-0.15, -0.1) is 0 Å². The maximum Gasteiger partial charge on any atom is 0.123 e. The van der Waals surface area contributed by atoms with Crippen molar-refractivity contribution in [1.29, 1.82) is 0 Å². The molecule has 2 aromatic carbocycles. The zero-order valence-corrected chi connectivity index (χ0v) is 12.1. The standard InChI is InChI=1S/C17H18O4/c1-19-12-7-11(8-13(9-12)20-2)17(18)15-10-21-16-6-4-3-5-14(15)16/h3-9,15,17-18H,10H2,1-2H3. The van der Waals surface area contributed by atoms with Gasteiger partial charge in [0.15, 0.2) is 0 Å². The number of hydrogen-bond donors (Lipinski definition) is 1. The average molecular weight is 286 g/mol. The molecule has 0 bridgehead atoms. The first-order valence-electron chi connectivity index (χ1n) is 6.85. The van der Waals surface area contributed by atoms with Crippen molar-refractivity contribution in [3.63, 3.8) is 0 Å². The molecule has 0 fully saturated rings. The normalized spacial score (nSPS) is 17.8. The summed E-state index contributed by atoms with van der Waals surface area (Å²) in [6, 6.07) is 13.3. The number of ether oxygens (including phenoxy) is 3. The summed E-state index contributed by atoms with van der Waals surface area (Å²) < 4.78 is 16.2. The van der Waals surface area contributed by atoms with Crippen LogP contribution in [0.15, 0.2) is 42.5 Å². The fraction of sp³-hybridized carbons (Fsp3) is 0.294. The van der Waals surface area contributed by atoms with Crippen LogP contribution in [0.2, 0.25) is 0 Å². The number of hydrogen-bond acceptors (Lipinski definition) is 4. The Morgan fingerprint density at radius 2 is 1.76 bits per heavy atom. The van der Waals surface area contributed by atoms with Gasteiger partial charge in [-0.25, -0.2) is 0 Å². The van der Waals surface area contributed by atoms with Crippen molar-refractivity contribution in [2.75, 3.05) is 20.8 Å². The number of fused-ring (bicyclic) bond motifs is 1. The molecule has 3 rings (SSSR count). The first kappa shape index (κ1) is 13.8. The van der Waals surface area contributed by atoms with E-state index in [-0.39, 0.29) is 5.92 Å². The van der Waals surface area contributed by atoms with Crippen molar-refractivity contribution in [1.82, 2.24) is 0 Å². The second-order valence-corrected chi connectivity index (χ2v) is 5.05. The van der Waals surface area contributed by atoms with Crippen molar-refractivity contribution < 1.29 is 19.3 Å². The molecule has 1 heterocycles. The number of para-hydroxylation sites is 1. The number of benzene rings is 2. The van der Waals surface area contributed by atoms with Gasteiger partial charge in [0.05, 0.1) is 32.8 Å². The van der Waals surface area contributed by atoms with Crippen molar-refractivity contribution >= 4 is 0 Å². The highest BCUT2D eigenvalue weighted by molar-refractivity contribution is 5.44. The van der Waals surface area contributed by atoms with Crippen molar-refractivity contribution in [2.24, 2.45) is 0 Å². The predicted octanol–water partition coefficient (Wildman–Crippen LogP) is 2.91. The lowest BCUT2D eigenvalue weighted by atomic mass is 9.90. The van der Waals surface area contributed by atoms with Gasteiger partial charge >= 0.3 is 0 Å². The van der Waals surface area contributed by atoms with Gasteiger partial charge in [-0.1, -0.05) is 18.2 Å². The zero-order chi connectivity index (χ0) is 14.8. The van der Waals surface area contributed by atoms with Crippen LogP contribution in [-0.2, 0) is 0 Å². The van der Waals surface area contributed by atoms with Gasteiger partial charge < -0.3 is 19.3 Å². The summed E-state index contributed by atoms with van der Waals surface area (Å²) in [5.74, 6) is 2.08. The van der Waals surface area contributed by atoms with Crippen LogP contribution in [0.5, 0.6) is 17.2 Å². The highest BCUT2D eigenvalue weighted by atomic mass is 16.5. The van der Waals surface area contributed by atoms with E-state index in [1.54, 1.807) is 20.3 Å².